The first-order valence-corrected chi connectivity index (χ1v) is 8.15. The maximum atomic E-state index is 4.71. The third-order valence-corrected chi connectivity index (χ3v) is 4.40. The number of hydrogen-bond acceptors (Lipinski definition) is 3. The Bertz CT molecular complexity index is 732. The molecule has 3 rings (SSSR count). The SMILES string of the molecule is Cc1ccsc1C=NN(Cc1ccccc1)c1ccccc1. The van der Waals surface area contributed by atoms with Gasteiger partial charge in [0.1, 0.15) is 0 Å². The molecule has 22 heavy (non-hydrogen) atoms. The van der Waals surface area contributed by atoms with E-state index in [1.807, 2.05) is 35.5 Å². The van der Waals surface area contributed by atoms with E-state index in [-0.39, 0.29) is 0 Å². The van der Waals surface area contributed by atoms with Gasteiger partial charge in [0, 0.05) is 4.88 Å². The minimum absolute atomic E-state index is 0.756. The number of hydrogen-bond donors (Lipinski definition) is 0. The molecule has 1 aromatic heterocycles. The van der Waals surface area contributed by atoms with Crippen LogP contribution in [0.1, 0.15) is 16.0 Å². The highest BCUT2D eigenvalue weighted by Crippen LogP contribution is 2.18. The predicted octanol–water partition coefficient (Wildman–Crippen LogP) is 5.10. The lowest BCUT2D eigenvalue weighted by Gasteiger charge is -2.19. The smallest absolute Gasteiger partial charge is 0.0666 e. The van der Waals surface area contributed by atoms with Crippen LogP contribution in [-0.4, -0.2) is 6.21 Å². The van der Waals surface area contributed by atoms with Crippen LogP contribution in [0.25, 0.3) is 0 Å². The Morgan fingerprint density at radius 2 is 1.64 bits per heavy atom. The molecule has 0 aliphatic heterocycles. The van der Waals surface area contributed by atoms with Gasteiger partial charge in [0.25, 0.3) is 0 Å². The second-order valence-electron chi connectivity index (χ2n) is 5.09. The van der Waals surface area contributed by atoms with Crippen molar-refractivity contribution in [3.8, 4) is 0 Å². The molecule has 0 N–H and O–H groups in total. The highest BCUT2D eigenvalue weighted by atomic mass is 32.1. The summed E-state index contributed by atoms with van der Waals surface area (Å²) in [4.78, 5) is 1.20. The molecular weight excluding hydrogens is 288 g/mol. The first-order valence-electron chi connectivity index (χ1n) is 7.27. The van der Waals surface area contributed by atoms with Crippen LogP contribution in [0.15, 0.2) is 77.2 Å². The highest BCUT2D eigenvalue weighted by molar-refractivity contribution is 7.11. The molecule has 0 spiro atoms. The van der Waals surface area contributed by atoms with E-state index >= 15 is 0 Å². The van der Waals surface area contributed by atoms with Crippen molar-refractivity contribution in [2.45, 2.75) is 13.5 Å². The van der Waals surface area contributed by atoms with Crippen LogP contribution in [0.4, 0.5) is 5.69 Å². The zero-order chi connectivity index (χ0) is 15.2. The third-order valence-electron chi connectivity index (χ3n) is 3.45. The minimum Gasteiger partial charge on any atom is -0.261 e. The van der Waals surface area contributed by atoms with Crippen LogP contribution in [0.5, 0.6) is 0 Å². The van der Waals surface area contributed by atoms with Gasteiger partial charge in [0.15, 0.2) is 0 Å². The molecule has 110 valence electrons. The van der Waals surface area contributed by atoms with E-state index < -0.39 is 0 Å². The quantitative estimate of drug-likeness (QED) is 0.473. The predicted molar refractivity (Wildman–Crippen MR) is 95.7 cm³/mol. The van der Waals surface area contributed by atoms with Gasteiger partial charge in [-0.1, -0.05) is 48.5 Å². The summed E-state index contributed by atoms with van der Waals surface area (Å²) < 4.78 is 0. The summed E-state index contributed by atoms with van der Waals surface area (Å²) in [7, 11) is 0. The standard InChI is InChI=1S/C19H18N2S/c1-16-12-13-22-19(16)14-20-21(18-10-6-3-7-11-18)15-17-8-4-2-5-9-17/h2-14H,15H2,1H3. The van der Waals surface area contributed by atoms with E-state index in [1.165, 1.54) is 16.0 Å². The van der Waals surface area contributed by atoms with E-state index in [2.05, 4.69) is 54.8 Å². The van der Waals surface area contributed by atoms with Crippen LogP contribution in [0, 0.1) is 6.92 Å². The first-order chi connectivity index (χ1) is 10.8. The fourth-order valence-electron chi connectivity index (χ4n) is 2.19. The molecule has 0 bridgehead atoms. The van der Waals surface area contributed by atoms with E-state index in [1.54, 1.807) is 11.3 Å². The summed E-state index contributed by atoms with van der Waals surface area (Å²) in [6, 6.07) is 22.8. The molecule has 3 heteroatoms. The topological polar surface area (TPSA) is 15.6 Å². The van der Waals surface area contributed by atoms with Crippen molar-refractivity contribution in [3.05, 3.63) is 88.1 Å². The molecule has 0 saturated carbocycles. The van der Waals surface area contributed by atoms with Crippen molar-refractivity contribution >= 4 is 23.2 Å². The van der Waals surface area contributed by atoms with Crippen LogP contribution in [0.2, 0.25) is 0 Å². The van der Waals surface area contributed by atoms with Crippen LogP contribution >= 0.6 is 11.3 Å². The summed E-state index contributed by atoms with van der Waals surface area (Å²) in [6.45, 7) is 2.87. The summed E-state index contributed by atoms with van der Waals surface area (Å²) in [6.07, 6.45) is 1.95. The second-order valence-corrected chi connectivity index (χ2v) is 6.04. The van der Waals surface area contributed by atoms with Gasteiger partial charge in [-0.15, -0.1) is 11.3 Å². The third kappa shape index (κ3) is 3.62. The molecule has 1 heterocycles. The van der Waals surface area contributed by atoms with Crippen LogP contribution < -0.4 is 5.01 Å². The monoisotopic (exact) mass is 306 g/mol. The fourth-order valence-corrected chi connectivity index (χ4v) is 2.97. The maximum Gasteiger partial charge on any atom is 0.0666 e. The molecule has 2 nitrogen and oxygen atoms in total. The molecule has 2 aromatic carbocycles. The molecule has 0 unspecified atom stereocenters. The lowest BCUT2D eigenvalue weighted by molar-refractivity contribution is 0.859. The van der Waals surface area contributed by atoms with Crippen LogP contribution in [-0.2, 0) is 6.54 Å². The molecule has 0 amide bonds. The minimum atomic E-state index is 0.756. The molecule has 0 radical (unpaired) electrons. The Hall–Kier alpha value is -2.39. The Kier molecular flexibility index (Phi) is 4.66. The van der Waals surface area contributed by atoms with E-state index in [0.29, 0.717) is 0 Å². The molecule has 3 aromatic rings. The fraction of sp³-hybridized carbons (Fsp3) is 0.105. The summed E-state index contributed by atoms with van der Waals surface area (Å²) in [5.41, 5.74) is 3.60. The van der Waals surface area contributed by atoms with Gasteiger partial charge in [-0.25, -0.2) is 0 Å². The molecule has 0 aliphatic rings. The van der Waals surface area contributed by atoms with Gasteiger partial charge in [-0.3, -0.25) is 5.01 Å². The van der Waals surface area contributed by atoms with Crippen molar-refractivity contribution < 1.29 is 0 Å². The van der Waals surface area contributed by atoms with E-state index in [4.69, 9.17) is 5.10 Å². The Labute approximate surface area is 135 Å². The normalized spacial score (nSPS) is 11.0. The highest BCUT2D eigenvalue weighted by Gasteiger charge is 2.05. The van der Waals surface area contributed by atoms with Gasteiger partial charge in [0.2, 0.25) is 0 Å². The summed E-state index contributed by atoms with van der Waals surface area (Å²) in [5, 5.41) is 8.85. The number of anilines is 1. The van der Waals surface area contributed by atoms with E-state index in [0.717, 1.165) is 12.2 Å². The van der Waals surface area contributed by atoms with Gasteiger partial charge in [-0.2, -0.15) is 5.10 Å². The average Bonchev–Trinajstić information content (AvgIpc) is 2.98. The van der Waals surface area contributed by atoms with Crippen LogP contribution in [0.3, 0.4) is 0 Å². The number of benzene rings is 2. The molecule has 0 saturated heterocycles. The zero-order valence-corrected chi connectivity index (χ0v) is 13.3. The Morgan fingerprint density at radius 1 is 0.955 bits per heavy atom. The van der Waals surface area contributed by atoms with Crippen molar-refractivity contribution in [1.29, 1.82) is 0 Å². The lowest BCUT2D eigenvalue weighted by Crippen LogP contribution is -2.15. The summed E-state index contributed by atoms with van der Waals surface area (Å²) in [5.74, 6) is 0. The number of thiophene rings is 1. The number of aryl methyl sites for hydroxylation is 1. The number of hydrazone groups is 1. The van der Waals surface area contributed by atoms with E-state index in [9.17, 15) is 0 Å². The number of nitrogens with zero attached hydrogens (tertiary/aromatic N) is 2. The summed E-state index contributed by atoms with van der Waals surface area (Å²) >= 11 is 1.72. The van der Waals surface area contributed by atoms with Gasteiger partial charge in [-0.05, 0) is 41.6 Å². The van der Waals surface area contributed by atoms with Crippen molar-refractivity contribution in [1.82, 2.24) is 0 Å². The van der Waals surface area contributed by atoms with Crippen molar-refractivity contribution in [3.63, 3.8) is 0 Å². The number of para-hydroxylation sites is 1. The number of rotatable bonds is 5. The molecule has 0 atom stereocenters. The molecule has 0 fully saturated rings. The van der Waals surface area contributed by atoms with Gasteiger partial charge >= 0.3 is 0 Å². The van der Waals surface area contributed by atoms with Gasteiger partial charge < -0.3 is 0 Å². The second kappa shape index (κ2) is 7.05. The Balaban J connectivity index is 1.86. The largest absolute Gasteiger partial charge is 0.261 e. The van der Waals surface area contributed by atoms with Gasteiger partial charge in [0.05, 0.1) is 18.4 Å². The first kappa shape index (κ1) is 14.5. The maximum absolute atomic E-state index is 4.71. The molecule has 0 aliphatic carbocycles. The average molecular weight is 306 g/mol. The zero-order valence-electron chi connectivity index (χ0n) is 12.5. The Morgan fingerprint density at radius 3 is 2.27 bits per heavy atom. The van der Waals surface area contributed by atoms with Crippen molar-refractivity contribution in [2.75, 3.05) is 5.01 Å². The van der Waals surface area contributed by atoms with Crippen molar-refractivity contribution in [2.24, 2.45) is 5.10 Å². The lowest BCUT2D eigenvalue weighted by atomic mass is 10.2. The molecular formula is C19H18N2S.